The Morgan fingerprint density at radius 1 is 1.29 bits per heavy atom. The fraction of sp³-hybridized carbons (Fsp3) is 0.278. The van der Waals surface area contributed by atoms with Crippen LogP contribution in [0, 0.1) is 0 Å². The quantitative estimate of drug-likeness (QED) is 0.918. The topological polar surface area (TPSA) is 72.7 Å². The normalized spacial score (nSPS) is 16.4. The molecule has 0 bridgehead atoms. The molecule has 24 heavy (non-hydrogen) atoms. The van der Waals surface area contributed by atoms with Gasteiger partial charge in [-0.3, -0.25) is 9.59 Å². The summed E-state index contributed by atoms with van der Waals surface area (Å²) in [4.78, 5) is 29.4. The number of carbonyl (C=O) groups is 1. The molecular formula is C18H19N3O3. The smallest absolute Gasteiger partial charge is 0.273 e. The number of hydrogen-bond acceptors (Lipinski definition) is 4. The number of nitrogens with zero attached hydrogens (tertiary/aromatic N) is 2. The van der Waals surface area contributed by atoms with Gasteiger partial charge in [0.2, 0.25) is 0 Å². The molecule has 1 aliphatic rings. The highest BCUT2D eigenvalue weighted by atomic mass is 16.6. The number of anilines is 1. The van der Waals surface area contributed by atoms with E-state index in [-0.39, 0.29) is 17.6 Å². The van der Waals surface area contributed by atoms with Gasteiger partial charge in [0.15, 0.2) is 6.10 Å². The molecular weight excluding hydrogens is 306 g/mol. The molecule has 1 aromatic carbocycles. The maximum Gasteiger partial charge on any atom is 0.273 e. The largest absolute Gasteiger partial charge is 0.387 e. The predicted octanol–water partition coefficient (Wildman–Crippen LogP) is 2.71. The van der Waals surface area contributed by atoms with Crippen molar-refractivity contribution in [3.63, 3.8) is 0 Å². The SMILES string of the molecule is CCCn1cc(NC(=O)C2=NO[C@@H](c3ccccc3)C2)ccc1=O. The molecule has 0 aliphatic carbocycles. The van der Waals surface area contributed by atoms with Gasteiger partial charge in [0.1, 0.15) is 5.71 Å². The fourth-order valence-corrected chi connectivity index (χ4v) is 2.58. The molecule has 1 amide bonds. The molecule has 0 spiro atoms. The van der Waals surface area contributed by atoms with Gasteiger partial charge in [-0.25, -0.2) is 0 Å². The lowest BCUT2D eigenvalue weighted by Crippen LogP contribution is -2.24. The van der Waals surface area contributed by atoms with Crippen LogP contribution in [0.3, 0.4) is 0 Å². The molecule has 0 saturated heterocycles. The van der Waals surface area contributed by atoms with Crippen molar-refractivity contribution in [3.05, 3.63) is 64.6 Å². The van der Waals surface area contributed by atoms with Crippen molar-refractivity contribution in [2.24, 2.45) is 5.16 Å². The molecule has 2 heterocycles. The van der Waals surface area contributed by atoms with Crippen molar-refractivity contribution >= 4 is 17.3 Å². The molecule has 6 heteroatoms. The number of carbonyl (C=O) groups excluding carboxylic acids is 1. The molecule has 0 fully saturated rings. The van der Waals surface area contributed by atoms with Crippen LogP contribution >= 0.6 is 0 Å². The molecule has 6 nitrogen and oxygen atoms in total. The number of amides is 1. The van der Waals surface area contributed by atoms with E-state index in [1.807, 2.05) is 37.3 Å². The fourth-order valence-electron chi connectivity index (χ4n) is 2.58. The number of aromatic nitrogens is 1. The van der Waals surface area contributed by atoms with E-state index in [0.717, 1.165) is 12.0 Å². The summed E-state index contributed by atoms with van der Waals surface area (Å²) in [5.74, 6) is -0.310. The molecule has 1 aliphatic heterocycles. The molecule has 1 N–H and O–H groups in total. The molecule has 1 atom stereocenters. The van der Waals surface area contributed by atoms with Crippen molar-refractivity contribution in [1.29, 1.82) is 0 Å². The predicted molar refractivity (Wildman–Crippen MR) is 91.9 cm³/mol. The second-order valence-electron chi connectivity index (χ2n) is 5.65. The Morgan fingerprint density at radius 3 is 2.83 bits per heavy atom. The highest BCUT2D eigenvalue weighted by Gasteiger charge is 2.27. The van der Waals surface area contributed by atoms with Gasteiger partial charge in [0.25, 0.3) is 11.5 Å². The first kappa shape index (κ1) is 16.0. The number of hydrogen-bond donors (Lipinski definition) is 1. The van der Waals surface area contributed by atoms with Crippen molar-refractivity contribution in [2.45, 2.75) is 32.4 Å². The number of aryl methyl sites for hydroxylation is 1. The van der Waals surface area contributed by atoms with Gasteiger partial charge in [0.05, 0.1) is 5.69 Å². The van der Waals surface area contributed by atoms with Crippen LogP contribution in [-0.2, 0) is 16.2 Å². The average Bonchev–Trinajstić information content (AvgIpc) is 3.09. The Balaban J connectivity index is 1.66. The maximum absolute atomic E-state index is 12.3. The summed E-state index contributed by atoms with van der Waals surface area (Å²) in [6.07, 6.45) is 2.68. The number of rotatable bonds is 5. The highest BCUT2D eigenvalue weighted by Crippen LogP contribution is 2.27. The van der Waals surface area contributed by atoms with Crippen molar-refractivity contribution < 1.29 is 9.63 Å². The Labute approximate surface area is 139 Å². The van der Waals surface area contributed by atoms with Crippen LogP contribution in [0.5, 0.6) is 0 Å². The minimum atomic E-state index is -0.310. The third-order valence-electron chi connectivity index (χ3n) is 3.81. The van der Waals surface area contributed by atoms with Gasteiger partial charge in [-0.1, -0.05) is 42.4 Å². The van der Waals surface area contributed by atoms with Crippen LogP contribution < -0.4 is 10.9 Å². The minimum absolute atomic E-state index is 0.0828. The standard InChI is InChI=1S/C18H19N3O3/c1-2-10-21-12-14(8-9-17(21)22)19-18(23)15-11-16(24-20-15)13-6-4-3-5-7-13/h3-9,12,16H,2,10-11H2,1H3,(H,19,23)/t16-/m1/s1. The summed E-state index contributed by atoms with van der Waals surface area (Å²) >= 11 is 0. The zero-order chi connectivity index (χ0) is 16.9. The lowest BCUT2D eigenvalue weighted by molar-refractivity contribution is -0.110. The third-order valence-corrected chi connectivity index (χ3v) is 3.81. The van der Waals surface area contributed by atoms with E-state index in [4.69, 9.17) is 4.84 Å². The Kier molecular flexibility index (Phi) is 4.74. The van der Waals surface area contributed by atoms with Gasteiger partial charge in [-0.05, 0) is 18.1 Å². The van der Waals surface area contributed by atoms with Crippen LogP contribution in [0.2, 0.25) is 0 Å². The van der Waals surface area contributed by atoms with E-state index in [1.165, 1.54) is 6.07 Å². The second kappa shape index (κ2) is 7.12. The summed E-state index contributed by atoms with van der Waals surface area (Å²) in [7, 11) is 0. The first-order valence-corrected chi connectivity index (χ1v) is 7.97. The van der Waals surface area contributed by atoms with Crippen molar-refractivity contribution in [2.75, 3.05) is 5.32 Å². The van der Waals surface area contributed by atoms with Crippen molar-refractivity contribution in [3.8, 4) is 0 Å². The first-order valence-electron chi connectivity index (χ1n) is 7.97. The number of oxime groups is 1. The lowest BCUT2D eigenvalue weighted by atomic mass is 10.0. The average molecular weight is 325 g/mol. The Morgan fingerprint density at radius 2 is 2.08 bits per heavy atom. The zero-order valence-electron chi connectivity index (χ0n) is 13.4. The van der Waals surface area contributed by atoms with E-state index < -0.39 is 0 Å². The number of pyridine rings is 1. The molecule has 0 unspecified atom stereocenters. The van der Waals surface area contributed by atoms with Gasteiger partial charge in [-0.15, -0.1) is 0 Å². The van der Waals surface area contributed by atoms with Gasteiger partial charge < -0.3 is 14.7 Å². The van der Waals surface area contributed by atoms with Crippen LogP contribution in [-0.4, -0.2) is 16.2 Å². The van der Waals surface area contributed by atoms with E-state index in [9.17, 15) is 9.59 Å². The lowest BCUT2D eigenvalue weighted by Gasteiger charge is -2.09. The second-order valence-corrected chi connectivity index (χ2v) is 5.65. The molecule has 2 aromatic rings. The van der Waals surface area contributed by atoms with Crippen molar-refractivity contribution in [1.82, 2.24) is 4.57 Å². The monoisotopic (exact) mass is 325 g/mol. The Hall–Kier alpha value is -2.89. The maximum atomic E-state index is 12.3. The number of nitrogens with one attached hydrogen (secondary N) is 1. The third kappa shape index (κ3) is 3.53. The van der Waals surface area contributed by atoms with E-state index in [1.54, 1.807) is 16.8 Å². The van der Waals surface area contributed by atoms with E-state index >= 15 is 0 Å². The summed E-state index contributed by atoms with van der Waals surface area (Å²) in [6.45, 7) is 2.61. The molecule has 3 rings (SSSR count). The highest BCUT2D eigenvalue weighted by molar-refractivity contribution is 6.43. The summed E-state index contributed by atoms with van der Waals surface area (Å²) in [5, 5.41) is 6.67. The van der Waals surface area contributed by atoms with Crippen LogP contribution in [0.15, 0.2) is 58.6 Å². The van der Waals surface area contributed by atoms with Crippen LogP contribution in [0.1, 0.15) is 31.4 Å². The Bertz CT molecular complexity index is 812. The summed E-state index contributed by atoms with van der Waals surface area (Å²) in [6, 6.07) is 12.7. The zero-order valence-corrected chi connectivity index (χ0v) is 13.4. The van der Waals surface area contributed by atoms with Gasteiger partial charge in [-0.2, -0.15) is 0 Å². The molecule has 0 radical (unpaired) electrons. The minimum Gasteiger partial charge on any atom is -0.387 e. The van der Waals surface area contributed by atoms with E-state index in [0.29, 0.717) is 24.4 Å². The van der Waals surface area contributed by atoms with Gasteiger partial charge >= 0.3 is 0 Å². The number of benzene rings is 1. The van der Waals surface area contributed by atoms with E-state index in [2.05, 4.69) is 10.5 Å². The van der Waals surface area contributed by atoms with Crippen LogP contribution in [0.25, 0.3) is 0 Å². The molecule has 124 valence electrons. The van der Waals surface area contributed by atoms with Crippen LogP contribution in [0.4, 0.5) is 5.69 Å². The van der Waals surface area contributed by atoms with Gasteiger partial charge in [0, 0.05) is 25.2 Å². The summed E-state index contributed by atoms with van der Waals surface area (Å²) in [5.41, 5.74) is 1.82. The summed E-state index contributed by atoms with van der Waals surface area (Å²) < 4.78 is 1.58. The molecule has 0 saturated carbocycles. The molecule has 1 aromatic heterocycles. The first-order chi connectivity index (χ1) is 11.7.